The Hall–Kier alpha value is -0.150. The Labute approximate surface area is 130 Å². The quantitative estimate of drug-likeness (QED) is 0.509. The number of β-lactam (4-membered cyclic amide) rings is 1. The van der Waals surface area contributed by atoms with Crippen molar-refractivity contribution < 1.29 is 19.8 Å². The van der Waals surface area contributed by atoms with Crippen molar-refractivity contribution >= 4 is 47.2 Å². The third-order valence-electron chi connectivity index (χ3n) is 3.92. The number of hydrogen-bond donors (Lipinski definition) is 3. The van der Waals surface area contributed by atoms with E-state index in [1.165, 1.54) is 16.7 Å². The van der Waals surface area contributed by atoms with Crippen molar-refractivity contribution in [3.8, 4) is 0 Å². The van der Waals surface area contributed by atoms with Crippen LogP contribution >= 0.6 is 36.2 Å². The lowest BCUT2D eigenvalue weighted by Gasteiger charge is -2.43. The maximum absolute atomic E-state index is 12.1. The summed E-state index contributed by atoms with van der Waals surface area (Å²) in [7, 11) is 0. The first-order valence-electron chi connectivity index (χ1n) is 6.34. The fourth-order valence-corrected chi connectivity index (χ4v) is 6.31. The Morgan fingerprint density at radius 2 is 2.20 bits per heavy atom. The predicted molar refractivity (Wildman–Crippen MR) is 81.2 cm³/mol. The highest BCUT2D eigenvalue weighted by Crippen LogP contribution is 2.54. The molecule has 2 saturated heterocycles. The molecule has 0 aromatic carbocycles. The van der Waals surface area contributed by atoms with E-state index in [4.69, 9.17) is 0 Å². The molecule has 0 saturated carbocycles. The summed E-state index contributed by atoms with van der Waals surface area (Å²) >= 11 is 6.93. The van der Waals surface area contributed by atoms with Crippen molar-refractivity contribution in [3.05, 3.63) is 10.6 Å². The fraction of sp³-hybridized carbons (Fsp3) is 0.667. The van der Waals surface area contributed by atoms with Crippen LogP contribution < -0.4 is 0 Å². The molecule has 3 heterocycles. The highest BCUT2D eigenvalue weighted by Gasteiger charge is 2.58. The number of amides is 1. The second-order valence-corrected chi connectivity index (χ2v) is 7.85. The topological polar surface area (TPSA) is 77.8 Å². The third-order valence-corrected chi connectivity index (χ3v) is 6.80. The molecule has 0 radical (unpaired) electrons. The summed E-state index contributed by atoms with van der Waals surface area (Å²) in [5.41, 5.74) is 0.303. The molecule has 2 N–H and O–H groups in total. The summed E-state index contributed by atoms with van der Waals surface area (Å²) in [6, 6.07) is 0. The van der Waals surface area contributed by atoms with E-state index in [2.05, 4.69) is 12.6 Å². The first kappa shape index (κ1) is 14.8. The molecule has 5 atom stereocenters. The van der Waals surface area contributed by atoms with Gasteiger partial charge in [0.05, 0.1) is 18.1 Å². The van der Waals surface area contributed by atoms with Crippen LogP contribution in [-0.4, -0.2) is 55.2 Å². The van der Waals surface area contributed by atoms with Gasteiger partial charge in [-0.2, -0.15) is 11.8 Å². The Morgan fingerprint density at radius 3 is 2.70 bits per heavy atom. The predicted octanol–water partition coefficient (Wildman–Crippen LogP) is 0.290. The number of rotatable bonds is 3. The molecule has 0 unspecified atom stereocenters. The largest absolute Gasteiger partial charge is 0.392 e. The van der Waals surface area contributed by atoms with Crippen LogP contribution in [0.3, 0.4) is 0 Å². The molecule has 110 valence electrons. The average Bonchev–Trinajstić information content (AvgIpc) is 2.89. The SMILES string of the molecule is C[C@@H](O)[C@H]1C(=O)N2C(C(=O)S)=C([C@H]3CSC[C@H]3O)S[C@H]12. The van der Waals surface area contributed by atoms with Gasteiger partial charge >= 0.3 is 0 Å². The van der Waals surface area contributed by atoms with Crippen LogP contribution in [0.4, 0.5) is 0 Å². The molecule has 8 heteroatoms. The Balaban J connectivity index is 1.94. The van der Waals surface area contributed by atoms with Gasteiger partial charge in [-0.3, -0.25) is 14.5 Å². The van der Waals surface area contributed by atoms with Crippen molar-refractivity contribution in [2.45, 2.75) is 24.5 Å². The molecule has 3 aliphatic heterocycles. The van der Waals surface area contributed by atoms with E-state index in [0.717, 1.165) is 10.7 Å². The summed E-state index contributed by atoms with van der Waals surface area (Å²) in [5.74, 6) is 0.546. The minimum Gasteiger partial charge on any atom is -0.392 e. The Kier molecular flexibility index (Phi) is 3.87. The summed E-state index contributed by atoms with van der Waals surface area (Å²) < 4.78 is 0. The van der Waals surface area contributed by atoms with E-state index >= 15 is 0 Å². The molecule has 5 nitrogen and oxygen atoms in total. The van der Waals surface area contributed by atoms with Crippen molar-refractivity contribution in [2.24, 2.45) is 11.8 Å². The first-order chi connectivity index (χ1) is 9.43. The molecule has 0 aromatic rings. The van der Waals surface area contributed by atoms with Gasteiger partial charge in [-0.15, -0.1) is 11.8 Å². The molecule has 3 rings (SSSR count). The van der Waals surface area contributed by atoms with Crippen LogP contribution in [0.25, 0.3) is 0 Å². The second-order valence-electron chi connectivity index (χ2n) is 5.21. The molecular weight excluding hydrogens is 318 g/mol. The lowest BCUT2D eigenvalue weighted by atomic mass is 9.92. The molecule has 0 bridgehead atoms. The van der Waals surface area contributed by atoms with Gasteiger partial charge in [0.15, 0.2) is 0 Å². The van der Waals surface area contributed by atoms with E-state index in [1.54, 1.807) is 18.7 Å². The van der Waals surface area contributed by atoms with E-state index in [1.807, 2.05) is 0 Å². The fourth-order valence-electron chi connectivity index (χ4n) is 2.86. The number of aliphatic hydroxyl groups excluding tert-OH is 2. The van der Waals surface area contributed by atoms with Crippen LogP contribution in [-0.2, 0) is 9.59 Å². The summed E-state index contributed by atoms with van der Waals surface area (Å²) in [4.78, 5) is 26.1. The lowest BCUT2D eigenvalue weighted by Crippen LogP contribution is -2.60. The van der Waals surface area contributed by atoms with Crippen molar-refractivity contribution in [2.75, 3.05) is 11.5 Å². The van der Waals surface area contributed by atoms with E-state index < -0.39 is 23.2 Å². The molecule has 0 aliphatic carbocycles. The van der Waals surface area contributed by atoms with Crippen LogP contribution in [0.1, 0.15) is 6.92 Å². The minimum atomic E-state index is -0.741. The van der Waals surface area contributed by atoms with Gasteiger partial charge in [0.1, 0.15) is 11.1 Å². The van der Waals surface area contributed by atoms with Crippen LogP contribution in [0.15, 0.2) is 10.6 Å². The normalized spacial score (nSPS) is 38.0. The van der Waals surface area contributed by atoms with Gasteiger partial charge in [-0.05, 0) is 6.92 Å². The molecule has 20 heavy (non-hydrogen) atoms. The Bertz CT molecular complexity index is 507. The molecular formula is C12H15NO4S3. The van der Waals surface area contributed by atoms with E-state index in [9.17, 15) is 19.8 Å². The highest BCUT2D eigenvalue weighted by atomic mass is 32.2. The van der Waals surface area contributed by atoms with Crippen molar-refractivity contribution in [1.29, 1.82) is 0 Å². The van der Waals surface area contributed by atoms with Gasteiger partial charge < -0.3 is 10.2 Å². The molecule has 3 aliphatic rings. The number of carbonyl (C=O) groups excluding carboxylic acids is 2. The second kappa shape index (κ2) is 5.24. The third kappa shape index (κ3) is 2.04. The van der Waals surface area contributed by atoms with Gasteiger partial charge in [0, 0.05) is 22.3 Å². The monoisotopic (exact) mass is 333 g/mol. The van der Waals surface area contributed by atoms with Crippen LogP contribution in [0.2, 0.25) is 0 Å². The summed E-state index contributed by atoms with van der Waals surface area (Å²) in [5, 5.41) is 19.0. The van der Waals surface area contributed by atoms with Gasteiger partial charge in [0.25, 0.3) is 0 Å². The van der Waals surface area contributed by atoms with Crippen molar-refractivity contribution in [3.63, 3.8) is 0 Å². The van der Waals surface area contributed by atoms with Gasteiger partial charge in [-0.1, -0.05) is 12.6 Å². The number of fused-ring (bicyclic) bond motifs is 1. The van der Waals surface area contributed by atoms with Gasteiger partial charge in [-0.25, -0.2) is 0 Å². The standard InChI is InChI=1S/C12H15NO4S3/c1-4(14)7-10(16)13-8(12(17)18)9(20-11(7)13)5-2-19-3-6(5)15/h4-7,11,14-15H,2-3H2,1H3,(H,17,18)/t4-,5+,6-,7+,11-/m1/s1. The highest BCUT2D eigenvalue weighted by molar-refractivity contribution is 8.04. The van der Waals surface area contributed by atoms with E-state index in [0.29, 0.717) is 11.4 Å². The number of aliphatic hydroxyl groups is 2. The number of thioether (sulfide) groups is 2. The summed E-state index contributed by atoms with van der Waals surface area (Å²) in [6.45, 7) is 1.58. The minimum absolute atomic E-state index is 0.121. The zero-order chi connectivity index (χ0) is 14.6. The molecule has 0 aromatic heterocycles. The number of carbonyl (C=O) groups is 2. The zero-order valence-electron chi connectivity index (χ0n) is 10.7. The van der Waals surface area contributed by atoms with Gasteiger partial charge in [0.2, 0.25) is 11.0 Å². The zero-order valence-corrected chi connectivity index (χ0v) is 13.3. The van der Waals surface area contributed by atoms with Crippen molar-refractivity contribution in [1.82, 2.24) is 4.90 Å². The molecule has 1 amide bonds. The lowest BCUT2D eigenvalue weighted by molar-refractivity contribution is -0.153. The number of hydrogen-bond acceptors (Lipinski definition) is 6. The molecule has 0 spiro atoms. The summed E-state index contributed by atoms with van der Waals surface area (Å²) in [6.07, 6.45) is -1.24. The Morgan fingerprint density at radius 1 is 1.50 bits per heavy atom. The maximum Gasteiger partial charge on any atom is 0.236 e. The van der Waals surface area contributed by atoms with Crippen LogP contribution in [0, 0.1) is 11.8 Å². The molecule has 2 fully saturated rings. The maximum atomic E-state index is 12.1. The smallest absolute Gasteiger partial charge is 0.236 e. The number of thiol groups is 1. The van der Waals surface area contributed by atoms with Crippen LogP contribution in [0.5, 0.6) is 0 Å². The number of nitrogens with zero attached hydrogens (tertiary/aromatic N) is 1. The van der Waals surface area contributed by atoms with E-state index in [-0.39, 0.29) is 17.2 Å². The first-order valence-corrected chi connectivity index (χ1v) is 8.82. The average molecular weight is 333 g/mol.